The van der Waals surface area contributed by atoms with Crippen molar-refractivity contribution in [2.45, 2.75) is 0 Å². The Balaban J connectivity index is 1.80. The normalized spacial score (nSPS) is 11.1. The van der Waals surface area contributed by atoms with Gasteiger partial charge in [0.05, 0.1) is 22.0 Å². The second-order valence-electron chi connectivity index (χ2n) is 6.73. The molecule has 0 aliphatic carbocycles. The van der Waals surface area contributed by atoms with E-state index in [-0.39, 0.29) is 16.3 Å². The standard InChI is InChI=1S/C23H14N4O3/c28-21-16-10-4-5-11-17(16)22(29)27(26-21)23(30)18-13-15-9-6-12-24-20(15)25-19(18)14-7-2-1-3-8-14/h1-13H,(H,26,28). The lowest BCUT2D eigenvalue weighted by molar-refractivity contribution is 0.0939. The first-order chi connectivity index (χ1) is 14.6. The van der Waals surface area contributed by atoms with Crippen molar-refractivity contribution < 1.29 is 4.79 Å². The van der Waals surface area contributed by atoms with Crippen molar-refractivity contribution in [2.24, 2.45) is 0 Å². The zero-order valence-corrected chi connectivity index (χ0v) is 15.6. The number of rotatable bonds is 2. The topological polar surface area (TPSA) is 97.7 Å². The van der Waals surface area contributed by atoms with Crippen LogP contribution in [0.25, 0.3) is 33.1 Å². The summed E-state index contributed by atoms with van der Waals surface area (Å²) in [7, 11) is 0. The van der Waals surface area contributed by atoms with Gasteiger partial charge in [-0.1, -0.05) is 42.5 Å². The SMILES string of the molecule is O=C(c1cc2cccnc2nc1-c1ccccc1)n1[nH]c(=O)c2ccccc2c1=O. The molecular weight excluding hydrogens is 380 g/mol. The molecule has 3 aromatic heterocycles. The van der Waals surface area contributed by atoms with Crippen LogP contribution in [0.1, 0.15) is 10.4 Å². The molecule has 5 rings (SSSR count). The highest BCUT2D eigenvalue weighted by atomic mass is 16.2. The molecule has 30 heavy (non-hydrogen) atoms. The van der Waals surface area contributed by atoms with Gasteiger partial charge in [0.25, 0.3) is 17.0 Å². The number of nitrogens with zero attached hydrogens (tertiary/aromatic N) is 3. The first-order valence-corrected chi connectivity index (χ1v) is 9.23. The first kappa shape index (κ1) is 17.7. The van der Waals surface area contributed by atoms with Gasteiger partial charge in [-0.05, 0) is 30.3 Å². The number of carbonyl (C=O) groups is 1. The lowest BCUT2D eigenvalue weighted by Gasteiger charge is -2.11. The molecule has 0 saturated heterocycles. The fraction of sp³-hybridized carbons (Fsp3) is 0. The Labute approximate surface area is 169 Å². The van der Waals surface area contributed by atoms with Gasteiger partial charge in [0.1, 0.15) is 0 Å². The van der Waals surface area contributed by atoms with Crippen LogP contribution < -0.4 is 11.1 Å². The number of nitrogens with one attached hydrogen (secondary N) is 1. The Bertz CT molecular complexity index is 1550. The summed E-state index contributed by atoms with van der Waals surface area (Å²) >= 11 is 0. The third kappa shape index (κ3) is 2.80. The second kappa shape index (κ2) is 6.89. The number of H-pyrrole nitrogens is 1. The summed E-state index contributed by atoms with van der Waals surface area (Å²) in [5.74, 6) is -0.667. The number of pyridine rings is 2. The number of aromatic amines is 1. The zero-order chi connectivity index (χ0) is 20.7. The van der Waals surface area contributed by atoms with Gasteiger partial charge in [-0.25, -0.2) is 9.97 Å². The Morgan fingerprint density at radius 3 is 2.40 bits per heavy atom. The molecule has 0 aliphatic rings. The minimum absolute atomic E-state index is 0.172. The fourth-order valence-corrected chi connectivity index (χ4v) is 3.45. The summed E-state index contributed by atoms with van der Waals surface area (Å²) < 4.78 is 0.746. The van der Waals surface area contributed by atoms with Gasteiger partial charge < -0.3 is 0 Å². The summed E-state index contributed by atoms with van der Waals surface area (Å²) in [6, 6.07) is 20.7. The van der Waals surface area contributed by atoms with Crippen LogP contribution in [0.2, 0.25) is 0 Å². The Hall–Kier alpha value is -4.39. The number of carbonyl (C=O) groups excluding carboxylic acids is 1. The third-order valence-corrected chi connectivity index (χ3v) is 4.89. The monoisotopic (exact) mass is 394 g/mol. The lowest BCUT2D eigenvalue weighted by atomic mass is 10.0. The lowest BCUT2D eigenvalue weighted by Crippen LogP contribution is -2.35. The molecule has 0 unspecified atom stereocenters. The zero-order valence-electron chi connectivity index (χ0n) is 15.6. The van der Waals surface area contributed by atoms with E-state index in [9.17, 15) is 14.4 Å². The molecule has 144 valence electrons. The maximum Gasteiger partial charge on any atom is 0.282 e. The second-order valence-corrected chi connectivity index (χ2v) is 6.73. The van der Waals surface area contributed by atoms with Crippen LogP contribution in [0, 0.1) is 0 Å². The van der Waals surface area contributed by atoms with Crippen LogP contribution in [0.4, 0.5) is 0 Å². The van der Waals surface area contributed by atoms with E-state index in [4.69, 9.17) is 0 Å². The molecule has 5 aromatic rings. The van der Waals surface area contributed by atoms with Crippen molar-refractivity contribution in [3.05, 3.63) is 105 Å². The van der Waals surface area contributed by atoms with E-state index in [1.54, 1.807) is 42.6 Å². The molecular formula is C23H14N4O3. The number of fused-ring (bicyclic) bond motifs is 2. The number of hydrogen-bond donors (Lipinski definition) is 1. The molecule has 2 aromatic carbocycles. The van der Waals surface area contributed by atoms with Crippen molar-refractivity contribution in [1.29, 1.82) is 0 Å². The van der Waals surface area contributed by atoms with Crippen LogP contribution in [-0.2, 0) is 0 Å². The highest BCUT2D eigenvalue weighted by Crippen LogP contribution is 2.25. The highest BCUT2D eigenvalue weighted by Gasteiger charge is 2.21. The van der Waals surface area contributed by atoms with E-state index >= 15 is 0 Å². The van der Waals surface area contributed by atoms with E-state index in [0.29, 0.717) is 22.3 Å². The molecule has 0 saturated carbocycles. The maximum atomic E-state index is 13.4. The molecule has 7 heteroatoms. The maximum absolute atomic E-state index is 13.4. The van der Waals surface area contributed by atoms with Crippen LogP contribution in [-0.4, -0.2) is 25.7 Å². The molecule has 0 amide bonds. The number of hydrogen-bond acceptors (Lipinski definition) is 5. The largest absolute Gasteiger partial charge is 0.282 e. The Morgan fingerprint density at radius 2 is 1.60 bits per heavy atom. The van der Waals surface area contributed by atoms with E-state index in [1.807, 2.05) is 30.3 Å². The van der Waals surface area contributed by atoms with Crippen molar-refractivity contribution >= 4 is 27.7 Å². The van der Waals surface area contributed by atoms with Gasteiger partial charge >= 0.3 is 0 Å². The average molecular weight is 394 g/mol. The minimum atomic E-state index is -0.667. The van der Waals surface area contributed by atoms with E-state index in [1.165, 1.54) is 6.07 Å². The van der Waals surface area contributed by atoms with Gasteiger partial charge in [0.2, 0.25) is 0 Å². The molecule has 0 fully saturated rings. The smallest absolute Gasteiger partial charge is 0.267 e. The summed E-state index contributed by atoms with van der Waals surface area (Å²) in [6.45, 7) is 0. The van der Waals surface area contributed by atoms with E-state index in [0.717, 1.165) is 4.68 Å². The summed E-state index contributed by atoms with van der Waals surface area (Å²) in [5, 5.41) is 3.45. The molecule has 3 heterocycles. The molecule has 0 aliphatic heterocycles. The molecule has 0 atom stereocenters. The summed E-state index contributed by atoms with van der Waals surface area (Å²) in [6.07, 6.45) is 1.62. The molecule has 0 radical (unpaired) electrons. The van der Waals surface area contributed by atoms with Gasteiger partial charge in [-0.2, -0.15) is 4.68 Å². The van der Waals surface area contributed by atoms with Crippen molar-refractivity contribution in [3.8, 4) is 11.3 Å². The Morgan fingerprint density at radius 1 is 0.867 bits per heavy atom. The van der Waals surface area contributed by atoms with Crippen molar-refractivity contribution in [3.63, 3.8) is 0 Å². The molecule has 0 spiro atoms. The fourth-order valence-electron chi connectivity index (χ4n) is 3.45. The summed E-state index contributed by atoms with van der Waals surface area (Å²) in [4.78, 5) is 47.7. The third-order valence-electron chi connectivity index (χ3n) is 4.89. The highest BCUT2D eigenvalue weighted by molar-refractivity contribution is 6.04. The van der Waals surface area contributed by atoms with Crippen molar-refractivity contribution in [2.75, 3.05) is 0 Å². The molecule has 7 nitrogen and oxygen atoms in total. The predicted molar refractivity (Wildman–Crippen MR) is 114 cm³/mol. The van der Waals surface area contributed by atoms with E-state index < -0.39 is 17.0 Å². The number of aromatic nitrogens is 4. The first-order valence-electron chi connectivity index (χ1n) is 9.23. The molecule has 1 N–H and O–H groups in total. The molecule has 0 bridgehead atoms. The van der Waals surface area contributed by atoms with Gasteiger partial charge in [0, 0.05) is 17.1 Å². The van der Waals surface area contributed by atoms with Gasteiger partial charge in [-0.3, -0.25) is 19.5 Å². The predicted octanol–water partition coefficient (Wildman–Crippen LogP) is 2.99. The van der Waals surface area contributed by atoms with Crippen molar-refractivity contribution in [1.82, 2.24) is 19.7 Å². The van der Waals surface area contributed by atoms with Gasteiger partial charge in [-0.15, -0.1) is 0 Å². The van der Waals surface area contributed by atoms with Gasteiger partial charge in [0.15, 0.2) is 5.65 Å². The van der Waals surface area contributed by atoms with Crippen LogP contribution >= 0.6 is 0 Å². The van der Waals surface area contributed by atoms with E-state index in [2.05, 4.69) is 15.1 Å². The number of benzene rings is 2. The van der Waals surface area contributed by atoms with Crippen LogP contribution in [0.3, 0.4) is 0 Å². The van der Waals surface area contributed by atoms with Crippen LogP contribution in [0.15, 0.2) is 88.6 Å². The average Bonchev–Trinajstić information content (AvgIpc) is 2.80. The van der Waals surface area contributed by atoms with Crippen LogP contribution in [0.5, 0.6) is 0 Å². The Kier molecular flexibility index (Phi) is 4.07. The summed E-state index contributed by atoms with van der Waals surface area (Å²) in [5.41, 5.74) is 0.634. The quantitative estimate of drug-likeness (QED) is 0.496. The minimum Gasteiger partial charge on any atom is -0.267 e.